The van der Waals surface area contributed by atoms with Crippen LogP contribution in [0.2, 0.25) is 0 Å². The fourth-order valence-electron chi connectivity index (χ4n) is 4.08. The first-order chi connectivity index (χ1) is 14.9. The standard InChI is InChI=1S/C24H27N3O3S/c1-16-7-3-4-8-18(16)24(28)26-22-11-12-23(20-10-6-5-9-19(20)22)31(29,30)27-21-13-14-25-15-17(21)2/h3-12,17,21,25,27H,13-15H2,1-2H3,(H,26,28)/t17-,21+/m1/s1. The number of anilines is 1. The molecule has 0 spiro atoms. The monoisotopic (exact) mass is 437 g/mol. The van der Waals surface area contributed by atoms with Crippen LogP contribution < -0.4 is 15.4 Å². The molecule has 6 nitrogen and oxygen atoms in total. The molecular formula is C24H27N3O3S. The molecule has 0 aromatic heterocycles. The van der Waals surface area contributed by atoms with E-state index < -0.39 is 10.0 Å². The van der Waals surface area contributed by atoms with E-state index in [2.05, 4.69) is 15.4 Å². The third kappa shape index (κ3) is 4.49. The van der Waals surface area contributed by atoms with Gasteiger partial charge in [-0.05, 0) is 56.1 Å². The third-order valence-electron chi connectivity index (χ3n) is 5.90. The fraction of sp³-hybridized carbons (Fsp3) is 0.292. The molecule has 162 valence electrons. The number of hydrogen-bond acceptors (Lipinski definition) is 4. The molecule has 0 saturated carbocycles. The van der Waals surface area contributed by atoms with Crippen molar-refractivity contribution in [2.45, 2.75) is 31.2 Å². The number of hydrogen-bond donors (Lipinski definition) is 3. The lowest BCUT2D eigenvalue weighted by Gasteiger charge is -2.30. The zero-order valence-electron chi connectivity index (χ0n) is 17.7. The number of piperidine rings is 1. The van der Waals surface area contributed by atoms with Crippen LogP contribution in [0.3, 0.4) is 0 Å². The van der Waals surface area contributed by atoms with Gasteiger partial charge in [0.15, 0.2) is 0 Å². The number of rotatable bonds is 5. The van der Waals surface area contributed by atoms with Gasteiger partial charge in [-0.25, -0.2) is 13.1 Å². The molecule has 1 amide bonds. The van der Waals surface area contributed by atoms with Gasteiger partial charge in [0.2, 0.25) is 10.0 Å². The van der Waals surface area contributed by atoms with Crippen molar-refractivity contribution in [3.8, 4) is 0 Å². The van der Waals surface area contributed by atoms with Crippen LogP contribution in [0.5, 0.6) is 0 Å². The Bertz CT molecular complexity index is 1220. The normalized spacial score (nSPS) is 19.3. The summed E-state index contributed by atoms with van der Waals surface area (Å²) in [5.74, 6) is -0.0111. The molecule has 3 aromatic carbocycles. The lowest BCUT2D eigenvalue weighted by molar-refractivity contribution is 0.102. The van der Waals surface area contributed by atoms with Crippen molar-refractivity contribution in [2.24, 2.45) is 5.92 Å². The summed E-state index contributed by atoms with van der Waals surface area (Å²) >= 11 is 0. The molecule has 0 unspecified atom stereocenters. The smallest absolute Gasteiger partial charge is 0.255 e. The van der Waals surface area contributed by atoms with Crippen LogP contribution in [0, 0.1) is 12.8 Å². The van der Waals surface area contributed by atoms with Crippen molar-refractivity contribution in [1.29, 1.82) is 0 Å². The molecule has 3 N–H and O–H groups in total. The van der Waals surface area contributed by atoms with Gasteiger partial charge in [0, 0.05) is 28.1 Å². The minimum absolute atomic E-state index is 0.106. The van der Waals surface area contributed by atoms with Gasteiger partial charge < -0.3 is 10.6 Å². The first-order valence-corrected chi connectivity index (χ1v) is 12.0. The van der Waals surface area contributed by atoms with Crippen molar-refractivity contribution < 1.29 is 13.2 Å². The largest absolute Gasteiger partial charge is 0.321 e. The van der Waals surface area contributed by atoms with Gasteiger partial charge in [0.05, 0.1) is 4.90 Å². The number of nitrogens with one attached hydrogen (secondary N) is 3. The van der Waals surface area contributed by atoms with Crippen LogP contribution >= 0.6 is 0 Å². The van der Waals surface area contributed by atoms with Crippen molar-refractivity contribution in [2.75, 3.05) is 18.4 Å². The summed E-state index contributed by atoms with van der Waals surface area (Å²) in [4.78, 5) is 13.0. The van der Waals surface area contributed by atoms with E-state index in [0.717, 1.165) is 25.1 Å². The molecule has 0 bridgehead atoms. The van der Waals surface area contributed by atoms with Gasteiger partial charge in [0.25, 0.3) is 5.91 Å². The van der Waals surface area contributed by atoms with E-state index in [1.54, 1.807) is 30.3 Å². The highest BCUT2D eigenvalue weighted by Crippen LogP contribution is 2.30. The molecule has 1 fully saturated rings. The first kappa shape index (κ1) is 21.5. The Hall–Kier alpha value is -2.74. The first-order valence-electron chi connectivity index (χ1n) is 10.5. The Kier molecular flexibility index (Phi) is 6.09. The van der Waals surface area contributed by atoms with Gasteiger partial charge in [0.1, 0.15) is 0 Å². The van der Waals surface area contributed by atoms with Crippen molar-refractivity contribution in [3.63, 3.8) is 0 Å². The summed E-state index contributed by atoms with van der Waals surface area (Å²) in [6, 6.07) is 17.8. The number of carbonyl (C=O) groups excluding carboxylic acids is 1. The van der Waals surface area contributed by atoms with Crippen molar-refractivity contribution >= 4 is 32.4 Å². The minimum atomic E-state index is -3.71. The SMILES string of the molecule is Cc1ccccc1C(=O)Nc1ccc(S(=O)(=O)N[C@H]2CCNC[C@H]2C)c2ccccc12. The molecular weight excluding hydrogens is 410 g/mol. The van der Waals surface area contributed by atoms with Gasteiger partial charge >= 0.3 is 0 Å². The topological polar surface area (TPSA) is 87.3 Å². The van der Waals surface area contributed by atoms with E-state index in [1.165, 1.54) is 0 Å². The molecule has 1 saturated heterocycles. The molecule has 3 aromatic rings. The number of amides is 1. The number of fused-ring (bicyclic) bond motifs is 1. The Balaban J connectivity index is 1.68. The second-order valence-corrected chi connectivity index (χ2v) is 9.81. The minimum Gasteiger partial charge on any atom is -0.321 e. The van der Waals surface area contributed by atoms with Crippen LogP contribution in [0.15, 0.2) is 65.6 Å². The fourth-order valence-corrected chi connectivity index (χ4v) is 5.67. The van der Waals surface area contributed by atoms with Crippen LogP contribution in [0.4, 0.5) is 5.69 Å². The molecule has 0 radical (unpaired) electrons. The molecule has 4 rings (SSSR count). The maximum atomic E-state index is 13.2. The van der Waals surface area contributed by atoms with Crippen molar-refractivity contribution in [1.82, 2.24) is 10.0 Å². The Morgan fingerprint density at radius 1 is 1.00 bits per heavy atom. The highest BCUT2D eigenvalue weighted by molar-refractivity contribution is 7.89. The zero-order chi connectivity index (χ0) is 22.0. The van der Waals surface area contributed by atoms with Crippen LogP contribution in [-0.4, -0.2) is 33.5 Å². The van der Waals surface area contributed by atoms with Crippen LogP contribution in [0.25, 0.3) is 10.8 Å². The number of benzene rings is 3. The predicted octanol–water partition coefficient (Wildman–Crippen LogP) is 3.68. The predicted molar refractivity (Wildman–Crippen MR) is 124 cm³/mol. The van der Waals surface area contributed by atoms with E-state index >= 15 is 0 Å². The van der Waals surface area contributed by atoms with Gasteiger partial charge in [-0.1, -0.05) is 49.4 Å². The van der Waals surface area contributed by atoms with E-state index in [4.69, 9.17) is 0 Å². The number of aryl methyl sites for hydroxylation is 1. The van der Waals surface area contributed by atoms with E-state index in [9.17, 15) is 13.2 Å². The van der Waals surface area contributed by atoms with Crippen molar-refractivity contribution in [3.05, 3.63) is 71.8 Å². The molecule has 31 heavy (non-hydrogen) atoms. The Morgan fingerprint density at radius 3 is 2.45 bits per heavy atom. The number of carbonyl (C=O) groups is 1. The van der Waals surface area contributed by atoms with E-state index in [1.807, 2.05) is 44.2 Å². The maximum Gasteiger partial charge on any atom is 0.255 e. The van der Waals surface area contributed by atoms with Crippen LogP contribution in [0.1, 0.15) is 29.3 Å². The highest BCUT2D eigenvalue weighted by atomic mass is 32.2. The summed E-state index contributed by atoms with van der Waals surface area (Å²) in [5.41, 5.74) is 2.05. The summed E-state index contributed by atoms with van der Waals surface area (Å²) in [6.45, 7) is 5.51. The Labute approximate surface area is 183 Å². The highest BCUT2D eigenvalue weighted by Gasteiger charge is 2.28. The average molecular weight is 438 g/mol. The molecule has 1 aliphatic rings. The lowest BCUT2D eigenvalue weighted by atomic mass is 9.97. The third-order valence-corrected chi connectivity index (χ3v) is 7.45. The second kappa shape index (κ2) is 8.78. The number of sulfonamides is 1. The van der Waals surface area contributed by atoms with Gasteiger partial charge in [-0.2, -0.15) is 0 Å². The zero-order valence-corrected chi connectivity index (χ0v) is 18.5. The second-order valence-electron chi connectivity index (χ2n) is 8.12. The molecule has 1 heterocycles. The Morgan fingerprint density at radius 2 is 1.71 bits per heavy atom. The van der Waals surface area contributed by atoms with E-state index in [0.29, 0.717) is 22.0 Å². The lowest BCUT2D eigenvalue weighted by Crippen LogP contribution is -2.48. The van der Waals surface area contributed by atoms with Gasteiger partial charge in [-0.3, -0.25) is 4.79 Å². The average Bonchev–Trinajstić information content (AvgIpc) is 2.75. The summed E-state index contributed by atoms with van der Waals surface area (Å²) in [6.07, 6.45) is 0.753. The van der Waals surface area contributed by atoms with Crippen LogP contribution in [-0.2, 0) is 10.0 Å². The summed E-state index contributed by atoms with van der Waals surface area (Å²) in [7, 11) is -3.71. The summed E-state index contributed by atoms with van der Waals surface area (Å²) < 4.78 is 29.4. The molecule has 7 heteroatoms. The molecule has 2 atom stereocenters. The quantitative estimate of drug-likeness (QED) is 0.568. The van der Waals surface area contributed by atoms with E-state index in [-0.39, 0.29) is 22.8 Å². The maximum absolute atomic E-state index is 13.2. The molecule has 1 aliphatic heterocycles. The molecule has 0 aliphatic carbocycles. The summed E-state index contributed by atoms with van der Waals surface area (Å²) in [5, 5.41) is 7.50. The van der Waals surface area contributed by atoms with Gasteiger partial charge in [-0.15, -0.1) is 0 Å².